The summed E-state index contributed by atoms with van der Waals surface area (Å²) in [6, 6.07) is 2.13. The minimum Gasteiger partial charge on any atom is -0.396 e. The molecule has 1 amide bonds. The van der Waals surface area contributed by atoms with Crippen molar-refractivity contribution >= 4 is 11.6 Å². The molecule has 6 heteroatoms. The number of carbonyl (C=O) groups is 1. The number of hydrogen-bond donors (Lipinski definition) is 1. The Bertz CT molecular complexity index is 506. The molecule has 1 heterocycles. The Kier molecular flexibility index (Phi) is 4.54. The Balaban J connectivity index is 2.21. The molecule has 1 unspecified atom stereocenters. The second-order valence-corrected chi connectivity index (χ2v) is 5.04. The van der Waals surface area contributed by atoms with Crippen LogP contribution in [0.4, 0.5) is 14.5 Å². The Hall–Kier alpha value is -1.69. The summed E-state index contributed by atoms with van der Waals surface area (Å²) in [6.07, 6.45) is 1.74. The van der Waals surface area contributed by atoms with Crippen LogP contribution in [0.3, 0.4) is 0 Å². The molecule has 1 atom stereocenters. The first kappa shape index (κ1) is 14.7. The van der Waals surface area contributed by atoms with E-state index in [2.05, 4.69) is 0 Å². The fourth-order valence-electron chi connectivity index (χ4n) is 2.54. The number of ether oxygens (including phenoxy) is 1. The van der Waals surface area contributed by atoms with Crippen LogP contribution in [-0.4, -0.2) is 37.6 Å². The van der Waals surface area contributed by atoms with Gasteiger partial charge in [-0.25, -0.2) is 8.78 Å². The predicted octanol–water partition coefficient (Wildman–Crippen LogP) is 2.05. The molecular weight excluding hydrogens is 266 g/mol. The normalized spacial score (nSPS) is 19.1. The maximum Gasteiger partial charge on any atom is 0.259 e. The van der Waals surface area contributed by atoms with Crippen molar-refractivity contribution in [3.05, 3.63) is 29.3 Å². The van der Waals surface area contributed by atoms with Crippen molar-refractivity contribution in [3.63, 3.8) is 0 Å². The summed E-state index contributed by atoms with van der Waals surface area (Å²) in [5.74, 6) is -2.31. The number of carbonyl (C=O) groups excluding carboxylic acids is 1. The number of hydrogen-bond acceptors (Lipinski definition) is 3. The molecule has 2 rings (SSSR count). The number of nitrogen functional groups attached to an aromatic ring is 1. The summed E-state index contributed by atoms with van der Waals surface area (Å²) in [5.41, 5.74) is 4.61. The average molecular weight is 284 g/mol. The van der Waals surface area contributed by atoms with Gasteiger partial charge in [0.05, 0.1) is 12.3 Å². The number of nitrogens with zero attached hydrogens (tertiary/aromatic N) is 1. The lowest BCUT2D eigenvalue weighted by atomic mass is 9.98. The number of rotatable bonds is 3. The van der Waals surface area contributed by atoms with E-state index in [1.807, 2.05) is 0 Å². The fraction of sp³-hybridized carbons (Fsp3) is 0.500. The number of nitrogens with two attached hydrogens (primary N) is 1. The van der Waals surface area contributed by atoms with Gasteiger partial charge in [-0.05, 0) is 30.9 Å². The van der Waals surface area contributed by atoms with Crippen LogP contribution < -0.4 is 5.73 Å². The van der Waals surface area contributed by atoms with Crippen LogP contribution >= 0.6 is 0 Å². The standard InChI is InChI=1S/C14H18F2N2O2/c1-20-8-9-3-2-6-18(7-9)14(19)12-10(15)4-5-11(17)13(12)16/h4-5,9H,2-3,6-8,17H2,1H3. The molecule has 20 heavy (non-hydrogen) atoms. The van der Waals surface area contributed by atoms with Gasteiger partial charge in [0, 0.05) is 20.2 Å². The first-order valence-corrected chi connectivity index (χ1v) is 6.56. The minimum atomic E-state index is -0.983. The van der Waals surface area contributed by atoms with Crippen molar-refractivity contribution in [1.82, 2.24) is 4.90 Å². The molecule has 1 aliphatic rings. The van der Waals surface area contributed by atoms with Crippen molar-refractivity contribution in [2.75, 3.05) is 32.5 Å². The molecular formula is C14H18F2N2O2. The molecule has 4 nitrogen and oxygen atoms in total. The molecule has 1 aromatic rings. The van der Waals surface area contributed by atoms with Crippen LogP contribution in [0.25, 0.3) is 0 Å². The SMILES string of the molecule is COCC1CCCN(C(=O)c2c(F)ccc(N)c2F)C1. The number of halogens is 2. The van der Waals surface area contributed by atoms with Crippen LogP contribution in [-0.2, 0) is 4.74 Å². The highest BCUT2D eigenvalue weighted by atomic mass is 19.1. The number of methoxy groups -OCH3 is 1. The van der Waals surface area contributed by atoms with Crippen LogP contribution in [0, 0.1) is 17.6 Å². The zero-order valence-corrected chi connectivity index (χ0v) is 11.4. The highest BCUT2D eigenvalue weighted by molar-refractivity contribution is 5.95. The van der Waals surface area contributed by atoms with Crippen molar-refractivity contribution in [2.24, 2.45) is 5.92 Å². The van der Waals surface area contributed by atoms with Gasteiger partial charge < -0.3 is 15.4 Å². The Morgan fingerprint density at radius 3 is 2.95 bits per heavy atom. The van der Waals surface area contributed by atoms with Gasteiger partial charge in [0.2, 0.25) is 0 Å². The van der Waals surface area contributed by atoms with E-state index in [1.165, 1.54) is 4.90 Å². The summed E-state index contributed by atoms with van der Waals surface area (Å²) >= 11 is 0. The van der Waals surface area contributed by atoms with Crippen LogP contribution in [0.1, 0.15) is 23.2 Å². The van der Waals surface area contributed by atoms with E-state index in [1.54, 1.807) is 7.11 Å². The largest absolute Gasteiger partial charge is 0.396 e. The number of amides is 1. The monoisotopic (exact) mass is 284 g/mol. The maximum atomic E-state index is 13.9. The lowest BCUT2D eigenvalue weighted by molar-refractivity contribution is 0.0562. The molecule has 1 aromatic carbocycles. The molecule has 0 spiro atoms. The van der Waals surface area contributed by atoms with Gasteiger partial charge in [-0.15, -0.1) is 0 Å². The third kappa shape index (κ3) is 2.90. The quantitative estimate of drug-likeness (QED) is 0.864. The fourth-order valence-corrected chi connectivity index (χ4v) is 2.54. The minimum absolute atomic E-state index is 0.199. The molecule has 0 saturated carbocycles. The zero-order chi connectivity index (χ0) is 14.7. The summed E-state index contributed by atoms with van der Waals surface area (Å²) in [6.45, 7) is 1.47. The molecule has 0 aromatic heterocycles. The lowest BCUT2D eigenvalue weighted by Crippen LogP contribution is -2.41. The zero-order valence-electron chi connectivity index (χ0n) is 11.4. The van der Waals surface area contributed by atoms with E-state index in [4.69, 9.17) is 10.5 Å². The molecule has 2 N–H and O–H groups in total. The van der Waals surface area contributed by atoms with Gasteiger partial charge in [0.15, 0.2) is 5.82 Å². The van der Waals surface area contributed by atoms with E-state index in [9.17, 15) is 13.6 Å². The summed E-state index contributed by atoms with van der Waals surface area (Å²) in [7, 11) is 1.60. The second kappa shape index (κ2) is 6.17. The number of anilines is 1. The third-order valence-corrected chi connectivity index (χ3v) is 3.54. The first-order chi connectivity index (χ1) is 9.54. The second-order valence-electron chi connectivity index (χ2n) is 5.04. The van der Waals surface area contributed by atoms with Crippen molar-refractivity contribution < 1.29 is 18.3 Å². The van der Waals surface area contributed by atoms with Crippen LogP contribution in [0.5, 0.6) is 0 Å². The lowest BCUT2D eigenvalue weighted by Gasteiger charge is -2.32. The number of benzene rings is 1. The van der Waals surface area contributed by atoms with E-state index in [-0.39, 0.29) is 11.6 Å². The summed E-state index contributed by atoms with van der Waals surface area (Å²) in [5, 5.41) is 0. The molecule has 0 bridgehead atoms. The van der Waals surface area contributed by atoms with Crippen molar-refractivity contribution in [3.8, 4) is 0 Å². The predicted molar refractivity (Wildman–Crippen MR) is 71.3 cm³/mol. The van der Waals surface area contributed by atoms with Gasteiger partial charge in [-0.2, -0.15) is 0 Å². The van der Waals surface area contributed by atoms with E-state index in [0.717, 1.165) is 25.0 Å². The first-order valence-electron chi connectivity index (χ1n) is 6.56. The topological polar surface area (TPSA) is 55.6 Å². The van der Waals surface area contributed by atoms with E-state index < -0.39 is 23.1 Å². The highest BCUT2D eigenvalue weighted by Gasteiger charge is 2.28. The average Bonchev–Trinajstić information content (AvgIpc) is 2.44. The summed E-state index contributed by atoms with van der Waals surface area (Å²) in [4.78, 5) is 13.8. The molecule has 110 valence electrons. The van der Waals surface area contributed by atoms with Crippen molar-refractivity contribution in [2.45, 2.75) is 12.8 Å². The highest BCUT2D eigenvalue weighted by Crippen LogP contribution is 2.23. The van der Waals surface area contributed by atoms with Gasteiger partial charge in [-0.1, -0.05) is 0 Å². The van der Waals surface area contributed by atoms with Gasteiger partial charge in [0.25, 0.3) is 5.91 Å². The molecule has 1 saturated heterocycles. The molecule has 1 aliphatic heterocycles. The molecule has 0 aliphatic carbocycles. The number of piperidine rings is 1. The number of likely N-dealkylation sites (tertiary alicyclic amines) is 1. The van der Waals surface area contributed by atoms with E-state index >= 15 is 0 Å². The van der Waals surface area contributed by atoms with Crippen LogP contribution in [0.15, 0.2) is 12.1 Å². The molecule has 0 radical (unpaired) electrons. The smallest absolute Gasteiger partial charge is 0.259 e. The van der Waals surface area contributed by atoms with Gasteiger partial charge in [-0.3, -0.25) is 4.79 Å². The van der Waals surface area contributed by atoms with Gasteiger partial charge in [0.1, 0.15) is 11.4 Å². The van der Waals surface area contributed by atoms with Crippen LogP contribution in [0.2, 0.25) is 0 Å². The Morgan fingerprint density at radius 1 is 1.50 bits per heavy atom. The molecule has 1 fully saturated rings. The maximum absolute atomic E-state index is 13.9. The van der Waals surface area contributed by atoms with Crippen molar-refractivity contribution in [1.29, 1.82) is 0 Å². The summed E-state index contributed by atoms with van der Waals surface area (Å²) < 4.78 is 32.7. The van der Waals surface area contributed by atoms with E-state index in [0.29, 0.717) is 19.7 Å². The Labute approximate surface area is 116 Å². The Morgan fingerprint density at radius 2 is 2.25 bits per heavy atom. The van der Waals surface area contributed by atoms with Gasteiger partial charge >= 0.3 is 0 Å². The third-order valence-electron chi connectivity index (χ3n) is 3.54.